The van der Waals surface area contributed by atoms with Crippen molar-refractivity contribution in [1.29, 1.82) is 0 Å². The molecular formula is C13H25N3O4. The van der Waals surface area contributed by atoms with Gasteiger partial charge in [-0.15, -0.1) is 0 Å². The maximum absolute atomic E-state index is 12.0. The van der Waals surface area contributed by atoms with E-state index in [1.54, 1.807) is 27.9 Å². The minimum absolute atomic E-state index is 0.0673. The standard InChI is InChI=1S/C13H25N3O4/c1-6-9(3)11(12(18)19)14-13(20)16(7-2)8-10(17)15(4)5/h9,11H,6-8H2,1-5H3,(H,14,20)(H,18,19). The predicted molar refractivity (Wildman–Crippen MR) is 75.4 cm³/mol. The van der Waals surface area contributed by atoms with Crippen LogP contribution in [-0.2, 0) is 9.59 Å². The van der Waals surface area contributed by atoms with Crippen LogP contribution in [0.3, 0.4) is 0 Å². The van der Waals surface area contributed by atoms with Crippen LogP contribution in [0.25, 0.3) is 0 Å². The van der Waals surface area contributed by atoms with Gasteiger partial charge in [-0.1, -0.05) is 20.3 Å². The first kappa shape index (κ1) is 18.2. The molecule has 0 aliphatic heterocycles. The van der Waals surface area contributed by atoms with Crippen molar-refractivity contribution in [2.24, 2.45) is 5.92 Å². The van der Waals surface area contributed by atoms with E-state index in [4.69, 9.17) is 5.11 Å². The lowest BCUT2D eigenvalue weighted by Crippen LogP contribution is -2.52. The Hall–Kier alpha value is -1.79. The molecule has 2 N–H and O–H groups in total. The van der Waals surface area contributed by atoms with Crippen molar-refractivity contribution >= 4 is 17.9 Å². The smallest absolute Gasteiger partial charge is 0.326 e. The highest BCUT2D eigenvalue weighted by atomic mass is 16.4. The molecule has 20 heavy (non-hydrogen) atoms. The molecule has 0 bridgehead atoms. The second-order valence-electron chi connectivity index (χ2n) is 4.95. The summed E-state index contributed by atoms with van der Waals surface area (Å²) in [6, 6.07) is -1.48. The van der Waals surface area contributed by atoms with Crippen molar-refractivity contribution in [2.45, 2.75) is 33.2 Å². The SMILES string of the molecule is CCC(C)C(NC(=O)N(CC)CC(=O)N(C)C)C(=O)O. The molecule has 3 amide bonds. The van der Waals surface area contributed by atoms with Crippen LogP contribution in [0.2, 0.25) is 0 Å². The predicted octanol–water partition coefficient (Wildman–Crippen LogP) is 0.605. The largest absolute Gasteiger partial charge is 0.480 e. The van der Waals surface area contributed by atoms with Crippen LogP contribution in [0.5, 0.6) is 0 Å². The first-order valence-electron chi connectivity index (χ1n) is 6.72. The summed E-state index contributed by atoms with van der Waals surface area (Å²) in [5, 5.41) is 11.6. The first-order chi connectivity index (χ1) is 9.24. The minimum Gasteiger partial charge on any atom is -0.480 e. The Morgan fingerprint density at radius 2 is 1.75 bits per heavy atom. The molecule has 7 nitrogen and oxygen atoms in total. The van der Waals surface area contributed by atoms with Crippen molar-refractivity contribution in [3.8, 4) is 0 Å². The normalized spacial score (nSPS) is 13.2. The van der Waals surface area contributed by atoms with Gasteiger partial charge in [-0.25, -0.2) is 9.59 Å². The highest BCUT2D eigenvalue weighted by molar-refractivity contribution is 5.86. The van der Waals surface area contributed by atoms with Crippen molar-refractivity contribution in [3.63, 3.8) is 0 Å². The lowest BCUT2D eigenvalue weighted by Gasteiger charge is -2.26. The molecule has 116 valence electrons. The van der Waals surface area contributed by atoms with Gasteiger partial charge in [0, 0.05) is 20.6 Å². The third-order valence-corrected chi connectivity index (χ3v) is 3.25. The van der Waals surface area contributed by atoms with Gasteiger partial charge in [-0.05, 0) is 12.8 Å². The van der Waals surface area contributed by atoms with E-state index in [9.17, 15) is 14.4 Å². The van der Waals surface area contributed by atoms with E-state index >= 15 is 0 Å². The molecule has 0 saturated heterocycles. The van der Waals surface area contributed by atoms with Gasteiger partial charge in [0.2, 0.25) is 5.91 Å². The first-order valence-corrected chi connectivity index (χ1v) is 6.72. The number of likely N-dealkylation sites (N-methyl/N-ethyl adjacent to an activating group) is 2. The van der Waals surface area contributed by atoms with E-state index in [2.05, 4.69) is 5.32 Å². The number of hydrogen-bond acceptors (Lipinski definition) is 3. The number of rotatable bonds is 7. The summed E-state index contributed by atoms with van der Waals surface area (Å²) in [4.78, 5) is 37.5. The molecule has 0 heterocycles. The van der Waals surface area contributed by atoms with Crippen LogP contribution in [0.15, 0.2) is 0 Å². The van der Waals surface area contributed by atoms with Crippen LogP contribution < -0.4 is 5.32 Å². The third kappa shape index (κ3) is 5.46. The summed E-state index contributed by atoms with van der Waals surface area (Å²) < 4.78 is 0. The van der Waals surface area contributed by atoms with Gasteiger partial charge in [-0.3, -0.25) is 4.79 Å². The lowest BCUT2D eigenvalue weighted by molar-refractivity contribution is -0.140. The molecule has 0 aliphatic carbocycles. The highest BCUT2D eigenvalue weighted by Crippen LogP contribution is 2.08. The molecular weight excluding hydrogens is 262 g/mol. The average Bonchev–Trinajstić information content (AvgIpc) is 2.39. The molecule has 0 fully saturated rings. The highest BCUT2D eigenvalue weighted by Gasteiger charge is 2.27. The molecule has 2 atom stereocenters. The average molecular weight is 287 g/mol. The van der Waals surface area contributed by atoms with E-state index in [1.807, 2.05) is 6.92 Å². The van der Waals surface area contributed by atoms with Gasteiger partial charge < -0.3 is 20.2 Å². The topological polar surface area (TPSA) is 90.0 Å². The van der Waals surface area contributed by atoms with E-state index in [0.717, 1.165) is 0 Å². The number of carbonyl (C=O) groups is 3. The number of urea groups is 1. The maximum atomic E-state index is 12.0. The number of amides is 3. The molecule has 0 saturated carbocycles. The molecule has 0 aromatic carbocycles. The second kappa shape index (κ2) is 8.39. The van der Waals surface area contributed by atoms with Gasteiger partial charge in [0.1, 0.15) is 12.6 Å². The van der Waals surface area contributed by atoms with Gasteiger partial charge in [0.15, 0.2) is 0 Å². The molecule has 0 aliphatic rings. The van der Waals surface area contributed by atoms with Crippen LogP contribution in [0.1, 0.15) is 27.2 Å². The number of nitrogens with one attached hydrogen (secondary N) is 1. The summed E-state index contributed by atoms with van der Waals surface area (Å²) in [6.07, 6.45) is 0.639. The third-order valence-electron chi connectivity index (χ3n) is 3.25. The fraction of sp³-hybridized carbons (Fsp3) is 0.769. The van der Waals surface area contributed by atoms with Crippen LogP contribution >= 0.6 is 0 Å². The summed E-state index contributed by atoms with van der Waals surface area (Å²) in [5.74, 6) is -1.46. The van der Waals surface area contributed by atoms with Crippen LogP contribution in [-0.4, -0.2) is 66.0 Å². The van der Waals surface area contributed by atoms with Gasteiger partial charge in [-0.2, -0.15) is 0 Å². The van der Waals surface area contributed by atoms with Gasteiger partial charge >= 0.3 is 12.0 Å². The van der Waals surface area contributed by atoms with Crippen molar-refractivity contribution in [3.05, 3.63) is 0 Å². The van der Waals surface area contributed by atoms with Crippen molar-refractivity contribution in [1.82, 2.24) is 15.1 Å². The Balaban J connectivity index is 4.75. The second-order valence-corrected chi connectivity index (χ2v) is 4.95. The number of nitrogens with zero attached hydrogens (tertiary/aromatic N) is 2. The number of carboxylic acids is 1. The number of carbonyl (C=O) groups excluding carboxylic acids is 2. The number of hydrogen-bond donors (Lipinski definition) is 2. The molecule has 0 aromatic rings. The Bertz CT molecular complexity index is 358. The summed E-state index contributed by atoms with van der Waals surface area (Å²) in [5.41, 5.74) is 0. The van der Waals surface area contributed by atoms with E-state index < -0.39 is 18.0 Å². The minimum atomic E-state index is -1.07. The molecule has 0 spiro atoms. The summed E-state index contributed by atoms with van der Waals surface area (Å²) in [7, 11) is 3.21. The van der Waals surface area contributed by atoms with Gasteiger partial charge in [0.05, 0.1) is 0 Å². The van der Waals surface area contributed by atoms with E-state index in [-0.39, 0.29) is 18.4 Å². The fourth-order valence-corrected chi connectivity index (χ4v) is 1.54. The fourth-order valence-electron chi connectivity index (χ4n) is 1.54. The molecule has 0 rings (SSSR count). The van der Waals surface area contributed by atoms with Crippen LogP contribution in [0.4, 0.5) is 4.79 Å². The molecule has 0 radical (unpaired) electrons. The van der Waals surface area contributed by atoms with Gasteiger partial charge in [0.25, 0.3) is 0 Å². The zero-order chi connectivity index (χ0) is 15.9. The zero-order valence-corrected chi connectivity index (χ0v) is 12.8. The summed E-state index contributed by atoms with van der Waals surface area (Å²) in [6.45, 7) is 5.63. The van der Waals surface area contributed by atoms with E-state index in [1.165, 1.54) is 9.80 Å². The van der Waals surface area contributed by atoms with Crippen molar-refractivity contribution in [2.75, 3.05) is 27.2 Å². The quantitative estimate of drug-likeness (QED) is 0.717. The Kier molecular flexibility index (Phi) is 7.64. The van der Waals surface area contributed by atoms with E-state index in [0.29, 0.717) is 13.0 Å². The maximum Gasteiger partial charge on any atom is 0.326 e. The van der Waals surface area contributed by atoms with Crippen LogP contribution in [0, 0.1) is 5.92 Å². The van der Waals surface area contributed by atoms with Crippen molar-refractivity contribution < 1.29 is 19.5 Å². The Labute approximate surface area is 119 Å². The number of carboxylic acid groups (broad SMARTS) is 1. The Morgan fingerprint density at radius 3 is 2.10 bits per heavy atom. The summed E-state index contributed by atoms with van der Waals surface area (Å²) >= 11 is 0. The molecule has 2 unspecified atom stereocenters. The molecule has 7 heteroatoms. The Morgan fingerprint density at radius 1 is 1.20 bits per heavy atom. The zero-order valence-electron chi connectivity index (χ0n) is 12.8. The molecule has 0 aromatic heterocycles. The monoisotopic (exact) mass is 287 g/mol. The number of aliphatic carboxylic acids is 1. The lowest BCUT2D eigenvalue weighted by atomic mass is 9.99.